The number of halogens is 2. The number of hydrogen-bond donors (Lipinski definition) is 1. The highest BCUT2D eigenvalue weighted by Crippen LogP contribution is 2.18. The zero-order chi connectivity index (χ0) is 13.1. The molecule has 1 N–H and O–H groups in total. The van der Waals surface area contributed by atoms with Crippen LogP contribution in [0.3, 0.4) is 0 Å². The van der Waals surface area contributed by atoms with E-state index in [1.807, 2.05) is 0 Å². The molecule has 4 heteroatoms. The smallest absolute Gasteiger partial charge is 0.123 e. The molecule has 0 unspecified atom stereocenters. The minimum absolute atomic E-state index is 0.0831. The van der Waals surface area contributed by atoms with E-state index in [9.17, 15) is 4.39 Å². The zero-order valence-corrected chi connectivity index (χ0v) is 12.4. The third kappa shape index (κ3) is 4.37. The normalized spacial score (nSPS) is 12.2. The van der Waals surface area contributed by atoms with Crippen LogP contribution in [-0.2, 0) is 6.54 Å². The van der Waals surface area contributed by atoms with E-state index >= 15 is 0 Å². The summed E-state index contributed by atoms with van der Waals surface area (Å²) in [7, 11) is 4.11. The van der Waals surface area contributed by atoms with E-state index in [0.29, 0.717) is 6.54 Å². The van der Waals surface area contributed by atoms with Gasteiger partial charge in [0.25, 0.3) is 0 Å². The van der Waals surface area contributed by atoms with Gasteiger partial charge in [0.1, 0.15) is 5.82 Å². The molecule has 0 saturated heterocycles. The summed E-state index contributed by atoms with van der Waals surface area (Å²) in [5, 5.41) is 3.35. The van der Waals surface area contributed by atoms with Crippen molar-refractivity contribution in [2.45, 2.75) is 25.9 Å². The standard InChI is InChI=1S/C13H20BrFN2/c1-13(2,17(3)4)9-16-8-10-7-11(15)5-6-12(10)14/h5-7,16H,8-9H2,1-4H3. The molecule has 1 rings (SSSR count). The first kappa shape index (κ1) is 14.6. The average molecular weight is 303 g/mol. The van der Waals surface area contributed by atoms with Crippen molar-refractivity contribution < 1.29 is 4.39 Å². The number of hydrogen-bond acceptors (Lipinski definition) is 2. The van der Waals surface area contributed by atoms with Gasteiger partial charge in [0.15, 0.2) is 0 Å². The first-order valence-corrected chi connectivity index (χ1v) is 6.44. The number of nitrogens with zero attached hydrogens (tertiary/aromatic N) is 1. The van der Waals surface area contributed by atoms with Crippen molar-refractivity contribution >= 4 is 15.9 Å². The molecule has 0 bridgehead atoms. The summed E-state index contributed by atoms with van der Waals surface area (Å²) in [6, 6.07) is 4.75. The Morgan fingerprint density at radius 2 is 2.00 bits per heavy atom. The van der Waals surface area contributed by atoms with Crippen molar-refractivity contribution in [1.29, 1.82) is 0 Å². The number of likely N-dealkylation sites (N-methyl/N-ethyl adjacent to an activating group) is 1. The second-order valence-corrected chi connectivity index (χ2v) is 5.90. The molecule has 2 nitrogen and oxygen atoms in total. The van der Waals surface area contributed by atoms with Crippen molar-refractivity contribution in [1.82, 2.24) is 10.2 Å². The third-order valence-electron chi connectivity index (χ3n) is 3.09. The molecule has 0 saturated carbocycles. The minimum Gasteiger partial charge on any atom is -0.311 e. The monoisotopic (exact) mass is 302 g/mol. The lowest BCUT2D eigenvalue weighted by molar-refractivity contribution is 0.189. The summed E-state index contributed by atoms with van der Waals surface area (Å²) < 4.78 is 14.0. The molecule has 0 aliphatic carbocycles. The van der Waals surface area contributed by atoms with Crippen molar-refractivity contribution in [2.24, 2.45) is 0 Å². The maximum atomic E-state index is 13.1. The van der Waals surface area contributed by atoms with Crippen molar-refractivity contribution in [3.8, 4) is 0 Å². The third-order valence-corrected chi connectivity index (χ3v) is 3.87. The first-order valence-electron chi connectivity index (χ1n) is 5.65. The maximum absolute atomic E-state index is 13.1. The Morgan fingerprint density at radius 1 is 1.35 bits per heavy atom. The van der Waals surface area contributed by atoms with Crippen LogP contribution < -0.4 is 5.32 Å². The molecule has 0 aliphatic rings. The van der Waals surface area contributed by atoms with Crippen LogP contribution in [0.25, 0.3) is 0 Å². The molecule has 0 aliphatic heterocycles. The Labute approximate surface area is 111 Å². The molecule has 1 aromatic carbocycles. The van der Waals surface area contributed by atoms with Crippen LogP contribution in [0.2, 0.25) is 0 Å². The van der Waals surface area contributed by atoms with Gasteiger partial charge >= 0.3 is 0 Å². The van der Waals surface area contributed by atoms with Gasteiger partial charge in [0.2, 0.25) is 0 Å². The summed E-state index contributed by atoms with van der Waals surface area (Å²) in [6.45, 7) is 5.85. The fourth-order valence-electron chi connectivity index (χ4n) is 1.34. The van der Waals surface area contributed by atoms with Gasteiger partial charge in [0, 0.05) is 23.1 Å². The summed E-state index contributed by atoms with van der Waals surface area (Å²) in [5.41, 5.74) is 1.03. The molecule has 0 aromatic heterocycles. The van der Waals surface area contributed by atoms with Gasteiger partial charge < -0.3 is 10.2 Å². The van der Waals surface area contributed by atoms with E-state index in [2.05, 4.69) is 54.1 Å². The molecule has 96 valence electrons. The van der Waals surface area contributed by atoms with E-state index in [-0.39, 0.29) is 11.4 Å². The number of rotatable bonds is 5. The van der Waals surface area contributed by atoms with Gasteiger partial charge in [0.05, 0.1) is 0 Å². The predicted octanol–water partition coefficient (Wildman–Crippen LogP) is 3.02. The van der Waals surface area contributed by atoms with Gasteiger partial charge in [-0.25, -0.2) is 4.39 Å². The molecule has 0 atom stereocenters. The first-order chi connectivity index (χ1) is 7.83. The highest BCUT2D eigenvalue weighted by atomic mass is 79.9. The molecule has 0 radical (unpaired) electrons. The molecule has 0 heterocycles. The van der Waals surface area contributed by atoms with Crippen LogP contribution in [0.5, 0.6) is 0 Å². The van der Waals surface area contributed by atoms with E-state index in [0.717, 1.165) is 16.6 Å². The molecular weight excluding hydrogens is 283 g/mol. The van der Waals surface area contributed by atoms with Gasteiger partial charge in [-0.1, -0.05) is 15.9 Å². The van der Waals surface area contributed by atoms with Gasteiger partial charge in [-0.2, -0.15) is 0 Å². The maximum Gasteiger partial charge on any atom is 0.123 e. The molecular formula is C13H20BrFN2. The Hall–Kier alpha value is -0.450. The van der Waals surface area contributed by atoms with Crippen LogP contribution in [0.15, 0.2) is 22.7 Å². The van der Waals surface area contributed by atoms with Crippen molar-refractivity contribution in [2.75, 3.05) is 20.6 Å². The molecule has 17 heavy (non-hydrogen) atoms. The van der Waals surface area contributed by atoms with Crippen LogP contribution in [0, 0.1) is 5.82 Å². The van der Waals surface area contributed by atoms with Crippen LogP contribution in [0.4, 0.5) is 4.39 Å². The second kappa shape index (κ2) is 5.94. The summed E-state index contributed by atoms with van der Waals surface area (Å²) in [5.74, 6) is -0.197. The zero-order valence-electron chi connectivity index (χ0n) is 10.8. The number of nitrogens with one attached hydrogen (secondary N) is 1. The van der Waals surface area contributed by atoms with E-state index < -0.39 is 0 Å². The van der Waals surface area contributed by atoms with E-state index in [1.54, 1.807) is 12.1 Å². The van der Waals surface area contributed by atoms with Gasteiger partial charge in [-0.15, -0.1) is 0 Å². The lowest BCUT2D eigenvalue weighted by Crippen LogP contribution is -2.46. The Morgan fingerprint density at radius 3 is 2.59 bits per heavy atom. The fraction of sp³-hybridized carbons (Fsp3) is 0.538. The highest BCUT2D eigenvalue weighted by Gasteiger charge is 2.19. The highest BCUT2D eigenvalue weighted by molar-refractivity contribution is 9.10. The lowest BCUT2D eigenvalue weighted by atomic mass is 10.0. The van der Waals surface area contributed by atoms with Crippen molar-refractivity contribution in [3.05, 3.63) is 34.1 Å². The average Bonchev–Trinajstić information content (AvgIpc) is 2.22. The largest absolute Gasteiger partial charge is 0.311 e. The number of benzene rings is 1. The summed E-state index contributed by atoms with van der Waals surface area (Å²) >= 11 is 3.42. The quantitative estimate of drug-likeness (QED) is 0.899. The van der Waals surface area contributed by atoms with Crippen molar-refractivity contribution in [3.63, 3.8) is 0 Å². The molecule has 1 aromatic rings. The minimum atomic E-state index is -0.197. The Bertz CT molecular complexity index is 378. The van der Waals surface area contributed by atoms with Gasteiger partial charge in [-0.05, 0) is 51.7 Å². The van der Waals surface area contributed by atoms with Crippen LogP contribution in [0.1, 0.15) is 19.4 Å². The second-order valence-electron chi connectivity index (χ2n) is 5.05. The topological polar surface area (TPSA) is 15.3 Å². The molecule has 0 fully saturated rings. The SMILES string of the molecule is CN(C)C(C)(C)CNCc1cc(F)ccc1Br. The van der Waals surface area contributed by atoms with Crippen LogP contribution >= 0.6 is 15.9 Å². The fourth-order valence-corrected chi connectivity index (χ4v) is 1.73. The summed E-state index contributed by atoms with van der Waals surface area (Å²) in [4.78, 5) is 2.17. The summed E-state index contributed by atoms with van der Waals surface area (Å²) in [6.07, 6.45) is 0. The predicted molar refractivity (Wildman–Crippen MR) is 73.6 cm³/mol. The Balaban J connectivity index is 2.54. The lowest BCUT2D eigenvalue weighted by Gasteiger charge is -2.32. The van der Waals surface area contributed by atoms with Gasteiger partial charge in [-0.3, -0.25) is 0 Å². The Kier molecular flexibility index (Phi) is 5.10. The van der Waals surface area contributed by atoms with E-state index in [1.165, 1.54) is 6.07 Å². The van der Waals surface area contributed by atoms with Crippen LogP contribution in [-0.4, -0.2) is 31.1 Å². The van der Waals surface area contributed by atoms with E-state index in [4.69, 9.17) is 0 Å². The molecule has 0 amide bonds. The molecule has 0 spiro atoms.